The van der Waals surface area contributed by atoms with Crippen LogP contribution in [0.1, 0.15) is 39.2 Å². The van der Waals surface area contributed by atoms with Crippen LogP contribution < -0.4 is 5.32 Å². The molecule has 0 spiro atoms. The lowest BCUT2D eigenvalue weighted by molar-refractivity contribution is 0.403. The molecule has 1 atom stereocenters. The highest BCUT2D eigenvalue weighted by molar-refractivity contribution is 14.0. The average molecular weight is 445 g/mol. The van der Waals surface area contributed by atoms with Crippen molar-refractivity contribution in [3.8, 4) is 5.75 Å². The van der Waals surface area contributed by atoms with Crippen LogP contribution in [-0.2, 0) is 6.42 Å². The average Bonchev–Trinajstić information content (AvgIpc) is 2.94. The Morgan fingerprint density at radius 3 is 2.88 bits per heavy atom. The molecule has 1 heterocycles. The third-order valence-electron chi connectivity index (χ3n) is 4.30. The second kappa shape index (κ2) is 10.8. The van der Waals surface area contributed by atoms with E-state index in [1.807, 2.05) is 18.2 Å². The molecule has 0 aromatic heterocycles. The van der Waals surface area contributed by atoms with E-state index in [1.54, 1.807) is 6.07 Å². The van der Waals surface area contributed by atoms with Gasteiger partial charge >= 0.3 is 0 Å². The molecule has 0 aliphatic carbocycles. The lowest BCUT2D eigenvalue weighted by Crippen LogP contribution is -2.40. The second-order valence-electron chi connectivity index (χ2n) is 6.89. The smallest absolute Gasteiger partial charge is 0.193 e. The predicted octanol–water partition coefficient (Wildman–Crippen LogP) is 3.89. The van der Waals surface area contributed by atoms with Gasteiger partial charge in [0.1, 0.15) is 5.75 Å². The van der Waals surface area contributed by atoms with Crippen LogP contribution in [0, 0.1) is 11.8 Å². The number of phenols is 1. The van der Waals surface area contributed by atoms with Crippen molar-refractivity contribution in [1.82, 2.24) is 10.2 Å². The Kier molecular flexibility index (Phi) is 9.48. The van der Waals surface area contributed by atoms with Crippen molar-refractivity contribution in [3.05, 3.63) is 29.8 Å². The normalized spacial score (nSPS) is 17.9. The van der Waals surface area contributed by atoms with Gasteiger partial charge in [-0.05, 0) is 55.7 Å². The van der Waals surface area contributed by atoms with Gasteiger partial charge in [0, 0.05) is 26.2 Å². The van der Waals surface area contributed by atoms with E-state index >= 15 is 0 Å². The summed E-state index contributed by atoms with van der Waals surface area (Å²) < 4.78 is 0. The number of likely N-dealkylation sites (tertiary alicyclic amines) is 1. The van der Waals surface area contributed by atoms with Crippen molar-refractivity contribution in [2.75, 3.05) is 26.2 Å². The zero-order valence-corrected chi connectivity index (χ0v) is 17.5. The van der Waals surface area contributed by atoms with E-state index in [0.717, 1.165) is 56.0 Å². The van der Waals surface area contributed by atoms with Crippen molar-refractivity contribution in [2.24, 2.45) is 16.8 Å². The van der Waals surface area contributed by atoms with Crippen molar-refractivity contribution < 1.29 is 5.11 Å². The summed E-state index contributed by atoms with van der Waals surface area (Å²) in [7, 11) is 0. The van der Waals surface area contributed by atoms with E-state index < -0.39 is 0 Å². The molecule has 4 nitrogen and oxygen atoms in total. The number of rotatable bonds is 6. The number of guanidine groups is 1. The molecule has 1 aromatic carbocycles. The van der Waals surface area contributed by atoms with Gasteiger partial charge in [-0.15, -0.1) is 24.0 Å². The summed E-state index contributed by atoms with van der Waals surface area (Å²) in [5.41, 5.74) is 1.13. The summed E-state index contributed by atoms with van der Waals surface area (Å²) in [4.78, 5) is 7.19. The first kappa shape index (κ1) is 21.1. The summed E-state index contributed by atoms with van der Waals surface area (Å²) in [5, 5.41) is 12.9. The molecule has 0 radical (unpaired) electrons. The molecule has 2 rings (SSSR count). The highest BCUT2D eigenvalue weighted by Gasteiger charge is 2.25. The third-order valence-corrected chi connectivity index (χ3v) is 4.30. The maximum absolute atomic E-state index is 9.52. The molecule has 1 aliphatic heterocycles. The van der Waals surface area contributed by atoms with Crippen LogP contribution in [0.5, 0.6) is 5.75 Å². The fraction of sp³-hybridized carbons (Fsp3) is 0.632. The molecule has 0 bridgehead atoms. The van der Waals surface area contributed by atoms with Gasteiger partial charge in [0.2, 0.25) is 0 Å². The molecular weight excluding hydrogens is 413 g/mol. The lowest BCUT2D eigenvalue weighted by Gasteiger charge is -2.22. The minimum atomic E-state index is 0. The minimum absolute atomic E-state index is 0. The number of nitrogens with zero attached hydrogens (tertiary/aromatic N) is 2. The summed E-state index contributed by atoms with van der Waals surface area (Å²) >= 11 is 0. The Hall–Kier alpha value is -0.980. The Morgan fingerprint density at radius 2 is 2.21 bits per heavy atom. The first-order valence-corrected chi connectivity index (χ1v) is 8.89. The Balaban J connectivity index is 0.00000288. The number of phenolic OH excluding ortho intramolecular Hbond substituents is 1. The first-order valence-electron chi connectivity index (χ1n) is 8.89. The summed E-state index contributed by atoms with van der Waals surface area (Å²) in [6, 6.07) is 7.44. The van der Waals surface area contributed by atoms with Crippen LogP contribution in [0.4, 0.5) is 0 Å². The monoisotopic (exact) mass is 445 g/mol. The third kappa shape index (κ3) is 6.87. The summed E-state index contributed by atoms with van der Waals surface area (Å²) in [6.45, 7) is 10.6. The van der Waals surface area contributed by atoms with Gasteiger partial charge in [-0.3, -0.25) is 4.99 Å². The summed E-state index contributed by atoms with van der Waals surface area (Å²) in [6.07, 6.45) is 3.43. The number of hydrogen-bond donors (Lipinski definition) is 2. The Morgan fingerprint density at radius 1 is 1.42 bits per heavy atom. The van der Waals surface area contributed by atoms with Crippen molar-refractivity contribution in [3.63, 3.8) is 0 Å². The number of aliphatic imine (C=N–C) groups is 1. The number of halogens is 1. The van der Waals surface area contributed by atoms with Gasteiger partial charge in [0.15, 0.2) is 5.96 Å². The van der Waals surface area contributed by atoms with E-state index in [-0.39, 0.29) is 24.0 Å². The van der Waals surface area contributed by atoms with Gasteiger partial charge in [-0.1, -0.05) is 26.0 Å². The van der Waals surface area contributed by atoms with Crippen LogP contribution in [0.2, 0.25) is 0 Å². The van der Waals surface area contributed by atoms with Gasteiger partial charge in [-0.2, -0.15) is 0 Å². The number of benzene rings is 1. The topological polar surface area (TPSA) is 47.9 Å². The van der Waals surface area contributed by atoms with E-state index in [2.05, 4.69) is 31.0 Å². The van der Waals surface area contributed by atoms with Gasteiger partial charge in [0.05, 0.1) is 0 Å². The molecule has 1 unspecified atom stereocenters. The molecule has 2 N–H and O–H groups in total. The van der Waals surface area contributed by atoms with Gasteiger partial charge in [0.25, 0.3) is 0 Å². The maximum atomic E-state index is 9.52. The molecule has 0 amide bonds. The number of nitrogens with one attached hydrogen (secondary N) is 1. The molecule has 1 aromatic rings. The van der Waals surface area contributed by atoms with E-state index in [4.69, 9.17) is 4.99 Å². The lowest BCUT2D eigenvalue weighted by atomic mass is 9.97. The van der Waals surface area contributed by atoms with Crippen LogP contribution in [0.25, 0.3) is 0 Å². The zero-order valence-electron chi connectivity index (χ0n) is 15.2. The molecular formula is C19H32IN3O. The van der Waals surface area contributed by atoms with E-state index in [1.165, 1.54) is 12.8 Å². The number of aromatic hydroxyl groups is 1. The molecule has 5 heteroatoms. The standard InChI is InChI=1S/C19H31N3O.HI/c1-4-20-19(22-11-9-17(14-22)12-15(2)3)21-10-8-16-6-5-7-18(23)13-16;/h5-7,13,15,17,23H,4,8-12,14H2,1-3H3,(H,20,21);1H. The van der Waals surface area contributed by atoms with Crippen molar-refractivity contribution >= 4 is 29.9 Å². The fourth-order valence-electron chi connectivity index (χ4n) is 3.31. The van der Waals surface area contributed by atoms with Crippen LogP contribution in [0.3, 0.4) is 0 Å². The van der Waals surface area contributed by atoms with Crippen molar-refractivity contribution in [2.45, 2.75) is 40.0 Å². The molecule has 24 heavy (non-hydrogen) atoms. The van der Waals surface area contributed by atoms with Gasteiger partial charge < -0.3 is 15.3 Å². The quantitative estimate of drug-likeness (QED) is 0.397. The molecule has 1 aliphatic rings. The minimum Gasteiger partial charge on any atom is -0.508 e. The highest BCUT2D eigenvalue weighted by atomic mass is 127. The second-order valence-corrected chi connectivity index (χ2v) is 6.89. The van der Waals surface area contributed by atoms with E-state index in [9.17, 15) is 5.11 Å². The fourth-order valence-corrected chi connectivity index (χ4v) is 3.31. The Bertz CT molecular complexity index is 519. The van der Waals surface area contributed by atoms with Crippen molar-refractivity contribution in [1.29, 1.82) is 0 Å². The SMILES string of the molecule is CCNC(=NCCc1cccc(O)c1)N1CCC(CC(C)C)C1.I. The van der Waals surface area contributed by atoms with Crippen LogP contribution in [-0.4, -0.2) is 42.1 Å². The predicted molar refractivity (Wildman–Crippen MR) is 112 cm³/mol. The first-order chi connectivity index (χ1) is 11.1. The van der Waals surface area contributed by atoms with Crippen LogP contribution >= 0.6 is 24.0 Å². The largest absolute Gasteiger partial charge is 0.508 e. The summed E-state index contributed by atoms with van der Waals surface area (Å²) in [5.74, 6) is 2.93. The zero-order chi connectivity index (χ0) is 16.7. The number of hydrogen-bond acceptors (Lipinski definition) is 2. The highest BCUT2D eigenvalue weighted by Crippen LogP contribution is 2.23. The molecule has 136 valence electrons. The van der Waals surface area contributed by atoms with Crippen LogP contribution in [0.15, 0.2) is 29.3 Å². The molecule has 1 saturated heterocycles. The Labute approximate surface area is 163 Å². The molecule has 0 saturated carbocycles. The van der Waals surface area contributed by atoms with E-state index in [0.29, 0.717) is 5.75 Å². The molecule has 1 fully saturated rings. The maximum Gasteiger partial charge on any atom is 0.193 e. The van der Waals surface area contributed by atoms with Gasteiger partial charge in [-0.25, -0.2) is 0 Å².